The van der Waals surface area contributed by atoms with Crippen LogP contribution in [0.1, 0.15) is 55.0 Å². The van der Waals surface area contributed by atoms with Crippen LogP contribution in [0.4, 0.5) is 5.69 Å². The van der Waals surface area contributed by atoms with Crippen LogP contribution in [0.15, 0.2) is 115 Å². The Kier molecular flexibility index (Phi) is 5.88. The van der Waals surface area contributed by atoms with Crippen molar-refractivity contribution in [2.75, 3.05) is 11.5 Å². The standard InChI is InChI=1S/C38H28N2O4/c1-2-44-29-17-9-8-16-28(29)31-34(35(41)25-11-4-3-5-12-25)40-30(38(31)36(42)26-14-6-7-15-27(26)37(38)43)21-20-24-19-18-23-13-10-22-39-32(23)33(24)40/h3-22,30-31,34H,2H2,1H3/t30-,31-,34-/m1/s1. The summed E-state index contributed by atoms with van der Waals surface area (Å²) in [5.41, 5.74) is 2.67. The molecule has 8 rings (SSSR count). The molecule has 1 fully saturated rings. The molecule has 0 N–H and O–H groups in total. The van der Waals surface area contributed by atoms with Crippen LogP contribution in [-0.2, 0) is 0 Å². The molecule has 0 unspecified atom stereocenters. The third kappa shape index (κ3) is 3.42. The molecule has 1 spiro atoms. The predicted octanol–water partition coefficient (Wildman–Crippen LogP) is 6.95. The number of Topliss-reactive ketones (excluding diaryl/α,β-unsaturated/α-hetero) is 3. The average molecular weight is 577 g/mol. The number of nitrogens with zero attached hydrogens (tertiary/aromatic N) is 2. The molecule has 1 aliphatic carbocycles. The summed E-state index contributed by atoms with van der Waals surface area (Å²) in [6, 6.07) is 29.9. The fraction of sp³-hybridized carbons (Fsp3) is 0.158. The molecule has 3 atom stereocenters. The summed E-state index contributed by atoms with van der Waals surface area (Å²) in [5, 5.41) is 0.908. The number of para-hydroxylation sites is 1. The van der Waals surface area contributed by atoms with E-state index in [4.69, 9.17) is 9.72 Å². The van der Waals surface area contributed by atoms with Crippen LogP contribution in [0.5, 0.6) is 5.75 Å². The molecule has 0 saturated carbocycles. The molecule has 1 aromatic heterocycles. The monoisotopic (exact) mass is 576 g/mol. The minimum Gasteiger partial charge on any atom is -0.494 e. The second-order valence-corrected chi connectivity index (χ2v) is 11.5. The number of rotatable bonds is 5. The van der Waals surface area contributed by atoms with E-state index in [0.29, 0.717) is 34.6 Å². The van der Waals surface area contributed by atoms with Crippen molar-refractivity contribution >= 4 is 40.0 Å². The van der Waals surface area contributed by atoms with E-state index in [1.54, 1.807) is 42.6 Å². The molecule has 6 nitrogen and oxygen atoms in total. The molecule has 2 aliphatic heterocycles. The minimum atomic E-state index is -1.61. The van der Waals surface area contributed by atoms with E-state index in [9.17, 15) is 14.4 Å². The fourth-order valence-corrected chi connectivity index (χ4v) is 7.72. The molecule has 3 heterocycles. The number of carbonyl (C=O) groups excluding carboxylic acids is 3. The maximum Gasteiger partial charge on any atom is 0.185 e. The lowest BCUT2D eigenvalue weighted by Gasteiger charge is -2.37. The zero-order chi connectivity index (χ0) is 30.0. The molecule has 44 heavy (non-hydrogen) atoms. The molecule has 214 valence electrons. The molecule has 0 bridgehead atoms. The smallest absolute Gasteiger partial charge is 0.185 e. The minimum absolute atomic E-state index is 0.172. The number of aromatic nitrogens is 1. The summed E-state index contributed by atoms with van der Waals surface area (Å²) in [6.45, 7) is 2.29. The van der Waals surface area contributed by atoms with E-state index < -0.39 is 23.4 Å². The van der Waals surface area contributed by atoms with E-state index in [1.807, 2.05) is 90.7 Å². The Morgan fingerprint density at radius 3 is 2.30 bits per heavy atom. The van der Waals surface area contributed by atoms with Crippen molar-refractivity contribution in [3.05, 3.63) is 143 Å². The molecule has 5 aromatic rings. The number of hydrogen-bond acceptors (Lipinski definition) is 6. The van der Waals surface area contributed by atoms with Gasteiger partial charge in [0.15, 0.2) is 17.3 Å². The van der Waals surface area contributed by atoms with Crippen LogP contribution in [0, 0.1) is 5.41 Å². The van der Waals surface area contributed by atoms with Crippen LogP contribution >= 0.6 is 0 Å². The van der Waals surface area contributed by atoms with Crippen molar-refractivity contribution in [1.82, 2.24) is 4.98 Å². The topological polar surface area (TPSA) is 76.6 Å². The number of ketones is 3. The molecule has 1 saturated heterocycles. The van der Waals surface area contributed by atoms with Gasteiger partial charge in [-0.3, -0.25) is 19.4 Å². The van der Waals surface area contributed by atoms with Gasteiger partial charge in [-0.05, 0) is 24.6 Å². The van der Waals surface area contributed by atoms with Crippen molar-refractivity contribution in [2.24, 2.45) is 5.41 Å². The van der Waals surface area contributed by atoms with Crippen molar-refractivity contribution in [1.29, 1.82) is 0 Å². The summed E-state index contributed by atoms with van der Waals surface area (Å²) in [7, 11) is 0. The first-order valence-corrected chi connectivity index (χ1v) is 14.9. The summed E-state index contributed by atoms with van der Waals surface area (Å²) in [4.78, 5) is 51.7. The van der Waals surface area contributed by atoms with Crippen molar-refractivity contribution in [3.63, 3.8) is 0 Å². The molecular weight excluding hydrogens is 548 g/mol. The average Bonchev–Trinajstić information content (AvgIpc) is 3.50. The molecular formula is C38H28N2O4. The molecule has 4 aromatic carbocycles. The van der Waals surface area contributed by atoms with E-state index in [-0.39, 0.29) is 17.3 Å². The first-order valence-electron chi connectivity index (χ1n) is 14.9. The Labute approximate surface area is 254 Å². The maximum absolute atomic E-state index is 15.0. The number of carbonyl (C=O) groups is 3. The zero-order valence-electron chi connectivity index (χ0n) is 24.0. The largest absolute Gasteiger partial charge is 0.494 e. The van der Waals surface area contributed by atoms with Crippen LogP contribution in [0.25, 0.3) is 17.0 Å². The highest BCUT2D eigenvalue weighted by Crippen LogP contribution is 2.62. The molecule has 0 amide bonds. The number of fused-ring (bicyclic) bond motifs is 7. The van der Waals surface area contributed by atoms with Crippen LogP contribution in [-0.4, -0.2) is 41.0 Å². The molecule has 0 radical (unpaired) electrons. The van der Waals surface area contributed by atoms with Gasteiger partial charge in [0.05, 0.1) is 23.9 Å². The van der Waals surface area contributed by atoms with Crippen molar-refractivity contribution in [2.45, 2.75) is 24.9 Å². The second kappa shape index (κ2) is 9.85. The van der Waals surface area contributed by atoms with Crippen LogP contribution in [0.3, 0.4) is 0 Å². The van der Waals surface area contributed by atoms with Gasteiger partial charge in [-0.15, -0.1) is 0 Å². The second-order valence-electron chi connectivity index (χ2n) is 11.5. The van der Waals surface area contributed by atoms with Gasteiger partial charge in [0.2, 0.25) is 0 Å². The Balaban J connectivity index is 1.50. The van der Waals surface area contributed by atoms with Crippen LogP contribution in [0.2, 0.25) is 0 Å². The van der Waals surface area contributed by atoms with Gasteiger partial charge in [0.1, 0.15) is 17.2 Å². The Morgan fingerprint density at radius 2 is 1.55 bits per heavy atom. The van der Waals surface area contributed by atoms with E-state index in [1.165, 1.54) is 0 Å². The summed E-state index contributed by atoms with van der Waals surface area (Å²) in [5.74, 6) is -1.01. The highest BCUT2D eigenvalue weighted by Gasteiger charge is 2.72. The van der Waals surface area contributed by atoms with Crippen molar-refractivity contribution < 1.29 is 19.1 Å². The number of hydrogen-bond donors (Lipinski definition) is 0. The molecule has 3 aliphatic rings. The van der Waals surface area contributed by atoms with E-state index in [0.717, 1.165) is 22.2 Å². The van der Waals surface area contributed by atoms with Gasteiger partial charge in [-0.1, -0.05) is 103 Å². The number of ether oxygens (including phenoxy) is 1. The van der Waals surface area contributed by atoms with Gasteiger partial charge in [-0.25, -0.2) is 0 Å². The number of anilines is 1. The highest BCUT2D eigenvalue weighted by atomic mass is 16.5. The lowest BCUT2D eigenvalue weighted by molar-refractivity contribution is 0.0664. The third-order valence-corrected chi connectivity index (χ3v) is 9.42. The first kappa shape index (κ1) is 26.3. The number of pyridine rings is 1. The first-order chi connectivity index (χ1) is 21.6. The Morgan fingerprint density at radius 1 is 0.841 bits per heavy atom. The SMILES string of the molecule is CCOc1ccccc1[C@@H]1[C@H](C(=O)c2ccccc2)N2c3c(ccc4cccnc34)C=C[C@@H]2C12C(=O)c1ccccc1C2=O. The lowest BCUT2D eigenvalue weighted by atomic mass is 9.64. The summed E-state index contributed by atoms with van der Waals surface area (Å²) >= 11 is 0. The van der Waals surface area contributed by atoms with Gasteiger partial charge in [0, 0.05) is 39.8 Å². The fourth-order valence-electron chi connectivity index (χ4n) is 7.72. The Hall–Kier alpha value is -5.36. The Bertz CT molecular complexity index is 2000. The number of benzene rings is 4. The zero-order valence-corrected chi connectivity index (χ0v) is 24.0. The quantitative estimate of drug-likeness (QED) is 0.167. The summed E-state index contributed by atoms with van der Waals surface area (Å²) in [6.07, 6.45) is 5.64. The van der Waals surface area contributed by atoms with Crippen molar-refractivity contribution in [3.8, 4) is 5.75 Å². The highest BCUT2D eigenvalue weighted by molar-refractivity contribution is 6.32. The predicted molar refractivity (Wildman–Crippen MR) is 169 cm³/mol. The van der Waals surface area contributed by atoms with Gasteiger partial charge < -0.3 is 9.64 Å². The normalized spacial score (nSPS) is 20.9. The third-order valence-electron chi connectivity index (χ3n) is 9.42. The van der Waals surface area contributed by atoms with E-state index in [2.05, 4.69) is 0 Å². The van der Waals surface area contributed by atoms with Gasteiger partial charge in [-0.2, -0.15) is 0 Å². The van der Waals surface area contributed by atoms with Gasteiger partial charge in [0.25, 0.3) is 0 Å². The van der Waals surface area contributed by atoms with Crippen LogP contribution < -0.4 is 9.64 Å². The lowest BCUT2D eigenvalue weighted by Crippen LogP contribution is -2.48. The van der Waals surface area contributed by atoms with Gasteiger partial charge >= 0.3 is 0 Å². The maximum atomic E-state index is 15.0. The molecule has 6 heteroatoms. The summed E-state index contributed by atoms with van der Waals surface area (Å²) < 4.78 is 6.14. The van der Waals surface area contributed by atoms with E-state index >= 15 is 0 Å².